The molecule has 7 heteroatoms. The van der Waals surface area contributed by atoms with Crippen LogP contribution in [0.25, 0.3) is 0 Å². The maximum Gasteiger partial charge on any atom is 0.337 e. The minimum Gasteiger partial charge on any atom is -0.467 e. The van der Waals surface area contributed by atoms with Gasteiger partial charge in [0.05, 0.1) is 25.5 Å². The van der Waals surface area contributed by atoms with Crippen molar-refractivity contribution < 1.29 is 13.9 Å². The van der Waals surface area contributed by atoms with Crippen LogP contribution in [0.3, 0.4) is 0 Å². The molecule has 1 aromatic carbocycles. The van der Waals surface area contributed by atoms with E-state index in [1.54, 1.807) is 30.5 Å². The van der Waals surface area contributed by atoms with Crippen molar-refractivity contribution >= 4 is 23.3 Å². The number of nitrogens with zero attached hydrogens (tertiary/aromatic N) is 2. The number of benzene rings is 1. The minimum absolute atomic E-state index is 0.387. The summed E-state index contributed by atoms with van der Waals surface area (Å²) in [7, 11) is 1.35. The van der Waals surface area contributed by atoms with Gasteiger partial charge in [-0.25, -0.2) is 14.8 Å². The van der Waals surface area contributed by atoms with Gasteiger partial charge in [-0.15, -0.1) is 0 Å². The summed E-state index contributed by atoms with van der Waals surface area (Å²) in [5.74, 6) is 1.69. The Bertz CT molecular complexity index is 818. The number of hydrogen-bond acceptors (Lipinski definition) is 7. The first-order valence-electron chi connectivity index (χ1n) is 7.28. The van der Waals surface area contributed by atoms with E-state index in [1.165, 1.54) is 13.4 Å². The average molecular weight is 324 g/mol. The van der Waals surface area contributed by atoms with Gasteiger partial charge in [0.25, 0.3) is 0 Å². The number of ether oxygens (including phenoxy) is 1. The highest BCUT2D eigenvalue weighted by Gasteiger charge is 2.06. The number of nitrogens with one attached hydrogen (secondary N) is 2. The second-order valence-electron chi connectivity index (χ2n) is 4.92. The van der Waals surface area contributed by atoms with Crippen LogP contribution in [0.4, 0.5) is 17.3 Å². The highest BCUT2D eigenvalue weighted by molar-refractivity contribution is 5.90. The van der Waals surface area contributed by atoms with Crippen LogP contribution >= 0.6 is 0 Å². The average Bonchev–Trinajstić information content (AvgIpc) is 3.13. The summed E-state index contributed by atoms with van der Waals surface area (Å²) < 4.78 is 9.98. The summed E-state index contributed by atoms with van der Waals surface area (Å²) in [6.07, 6.45) is 3.08. The number of methoxy groups -OCH3 is 1. The molecule has 2 heterocycles. The highest BCUT2D eigenvalue weighted by Crippen LogP contribution is 2.18. The molecule has 0 aliphatic rings. The fraction of sp³-hybridized carbons (Fsp3) is 0.118. The summed E-state index contributed by atoms with van der Waals surface area (Å²) in [5.41, 5.74) is 1.20. The summed E-state index contributed by atoms with van der Waals surface area (Å²) in [4.78, 5) is 19.9. The van der Waals surface area contributed by atoms with E-state index >= 15 is 0 Å². The smallest absolute Gasteiger partial charge is 0.337 e. The molecule has 0 atom stereocenters. The Morgan fingerprint density at radius 3 is 2.83 bits per heavy atom. The van der Waals surface area contributed by atoms with Gasteiger partial charge in [-0.2, -0.15) is 0 Å². The normalized spacial score (nSPS) is 10.2. The number of rotatable bonds is 6. The van der Waals surface area contributed by atoms with E-state index in [1.807, 2.05) is 18.2 Å². The van der Waals surface area contributed by atoms with Crippen molar-refractivity contribution in [3.63, 3.8) is 0 Å². The van der Waals surface area contributed by atoms with Crippen LogP contribution in [0.2, 0.25) is 0 Å². The maximum absolute atomic E-state index is 11.6. The molecule has 0 saturated carbocycles. The van der Waals surface area contributed by atoms with Crippen molar-refractivity contribution in [2.24, 2.45) is 0 Å². The molecule has 3 aromatic rings. The number of carbonyl (C=O) groups is 1. The minimum atomic E-state index is -0.387. The number of hydrogen-bond donors (Lipinski definition) is 2. The van der Waals surface area contributed by atoms with E-state index < -0.39 is 0 Å². The van der Waals surface area contributed by atoms with Gasteiger partial charge in [-0.1, -0.05) is 6.07 Å². The van der Waals surface area contributed by atoms with E-state index in [4.69, 9.17) is 9.15 Å². The molecule has 122 valence electrons. The first-order chi connectivity index (χ1) is 11.7. The van der Waals surface area contributed by atoms with Gasteiger partial charge in [0.15, 0.2) is 0 Å². The van der Waals surface area contributed by atoms with Crippen molar-refractivity contribution in [1.29, 1.82) is 0 Å². The third-order valence-corrected chi connectivity index (χ3v) is 3.25. The number of esters is 1. The molecule has 0 aliphatic heterocycles. The number of anilines is 3. The third-order valence-electron chi connectivity index (χ3n) is 3.25. The largest absolute Gasteiger partial charge is 0.467 e. The van der Waals surface area contributed by atoms with Gasteiger partial charge in [-0.3, -0.25) is 0 Å². The van der Waals surface area contributed by atoms with Crippen LogP contribution in [0.15, 0.2) is 59.5 Å². The van der Waals surface area contributed by atoms with Crippen LogP contribution < -0.4 is 10.6 Å². The zero-order chi connectivity index (χ0) is 16.8. The van der Waals surface area contributed by atoms with E-state index in [0.717, 1.165) is 11.4 Å². The molecule has 0 spiro atoms. The lowest BCUT2D eigenvalue weighted by Crippen LogP contribution is -2.04. The number of furan rings is 1. The molecule has 0 unspecified atom stereocenters. The second-order valence-corrected chi connectivity index (χ2v) is 4.92. The lowest BCUT2D eigenvalue weighted by molar-refractivity contribution is 0.0601. The molecule has 0 saturated heterocycles. The van der Waals surface area contributed by atoms with Gasteiger partial charge in [0, 0.05) is 11.8 Å². The van der Waals surface area contributed by atoms with Crippen LogP contribution in [0.1, 0.15) is 16.1 Å². The lowest BCUT2D eigenvalue weighted by atomic mass is 10.2. The van der Waals surface area contributed by atoms with E-state index in [0.29, 0.717) is 23.7 Å². The van der Waals surface area contributed by atoms with E-state index in [-0.39, 0.29) is 5.97 Å². The fourth-order valence-electron chi connectivity index (χ4n) is 2.10. The summed E-state index contributed by atoms with van der Waals surface area (Å²) in [6, 6.07) is 12.5. The predicted molar refractivity (Wildman–Crippen MR) is 89.1 cm³/mol. The van der Waals surface area contributed by atoms with Gasteiger partial charge in [0.1, 0.15) is 23.7 Å². The highest BCUT2D eigenvalue weighted by atomic mass is 16.5. The van der Waals surface area contributed by atoms with Gasteiger partial charge in [-0.05, 0) is 30.3 Å². The van der Waals surface area contributed by atoms with Gasteiger partial charge < -0.3 is 19.8 Å². The molecular formula is C17H16N4O3. The second kappa shape index (κ2) is 7.28. The first kappa shape index (κ1) is 15.5. The van der Waals surface area contributed by atoms with E-state index in [2.05, 4.69) is 20.6 Å². The number of carbonyl (C=O) groups excluding carboxylic acids is 1. The van der Waals surface area contributed by atoms with Crippen molar-refractivity contribution in [2.75, 3.05) is 17.7 Å². The molecule has 0 fully saturated rings. The fourth-order valence-corrected chi connectivity index (χ4v) is 2.10. The Balaban J connectivity index is 1.69. The van der Waals surface area contributed by atoms with Crippen LogP contribution in [0, 0.1) is 0 Å². The van der Waals surface area contributed by atoms with Crippen molar-refractivity contribution in [1.82, 2.24) is 9.97 Å². The predicted octanol–water partition coefficient (Wildman–Crippen LogP) is 3.21. The SMILES string of the molecule is COC(=O)c1cccc(Nc2cc(NCc3ccco3)ncn2)c1. The van der Waals surface area contributed by atoms with Crippen LogP contribution in [0.5, 0.6) is 0 Å². The third kappa shape index (κ3) is 3.89. The van der Waals surface area contributed by atoms with Gasteiger partial charge in [0.2, 0.25) is 0 Å². The Labute approximate surface area is 138 Å². The molecule has 2 aromatic heterocycles. The molecule has 24 heavy (non-hydrogen) atoms. The molecule has 0 amide bonds. The van der Waals surface area contributed by atoms with Crippen molar-refractivity contribution in [3.8, 4) is 0 Å². The van der Waals surface area contributed by atoms with Gasteiger partial charge >= 0.3 is 5.97 Å². The Kier molecular flexibility index (Phi) is 4.71. The Morgan fingerprint density at radius 2 is 2.04 bits per heavy atom. The Morgan fingerprint density at radius 1 is 1.17 bits per heavy atom. The summed E-state index contributed by atoms with van der Waals surface area (Å²) in [5, 5.41) is 6.29. The molecule has 0 aliphatic carbocycles. The molecule has 0 radical (unpaired) electrons. The molecule has 3 rings (SSSR count). The zero-order valence-electron chi connectivity index (χ0n) is 13.0. The van der Waals surface area contributed by atoms with Crippen LogP contribution in [-0.4, -0.2) is 23.0 Å². The molecular weight excluding hydrogens is 308 g/mol. The Hall–Kier alpha value is -3.35. The summed E-state index contributed by atoms with van der Waals surface area (Å²) >= 11 is 0. The standard InChI is InChI=1S/C17H16N4O3/c1-23-17(22)12-4-2-5-13(8-12)21-16-9-15(19-11-20-16)18-10-14-6-3-7-24-14/h2-9,11H,10H2,1H3,(H2,18,19,20,21). The summed E-state index contributed by atoms with van der Waals surface area (Å²) in [6.45, 7) is 0.529. The topological polar surface area (TPSA) is 89.3 Å². The maximum atomic E-state index is 11.6. The van der Waals surface area contributed by atoms with E-state index in [9.17, 15) is 4.79 Å². The molecule has 0 bridgehead atoms. The van der Waals surface area contributed by atoms with Crippen LogP contribution in [-0.2, 0) is 11.3 Å². The van der Waals surface area contributed by atoms with Crippen molar-refractivity contribution in [2.45, 2.75) is 6.54 Å². The first-order valence-corrected chi connectivity index (χ1v) is 7.28. The monoisotopic (exact) mass is 324 g/mol. The quantitative estimate of drug-likeness (QED) is 0.673. The molecule has 7 nitrogen and oxygen atoms in total. The zero-order valence-corrected chi connectivity index (χ0v) is 13.0. The lowest BCUT2D eigenvalue weighted by Gasteiger charge is -2.09. The molecule has 2 N–H and O–H groups in total. The number of aromatic nitrogens is 2. The van der Waals surface area contributed by atoms with Crippen molar-refractivity contribution in [3.05, 3.63) is 66.4 Å².